The molecule has 0 fully saturated rings. The second-order valence-electron chi connectivity index (χ2n) is 8.37. The number of ether oxygens (including phenoxy) is 1. The maximum Gasteiger partial charge on any atom is 0.299 e. The maximum absolute atomic E-state index is 13.9. The lowest BCUT2D eigenvalue weighted by Crippen LogP contribution is -2.06. The van der Waals surface area contributed by atoms with Gasteiger partial charge in [-0.1, -0.05) is 42.0 Å². The fourth-order valence-electron chi connectivity index (χ4n) is 4.46. The molecule has 2 aromatic heterocycles. The van der Waals surface area contributed by atoms with Crippen LogP contribution in [0.5, 0.6) is 11.6 Å². The van der Waals surface area contributed by atoms with Crippen LogP contribution in [0, 0.1) is 20.8 Å². The topological polar surface area (TPSA) is 76.5 Å². The van der Waals surface area contributed by atoms with Crippen LogP contribution < -0.4 is 4.74 Å². The number of carbonyl (C=O) groups excluding carboxylic acids is 2. The average Bonchev–Trinajstić information content (AvgIpc) is 3.43. The Morgan fingerprint density at radius 2 is 1.66 bits per heavy atom. The van der Waals surface area contributed by atoms with E-state index in [0.29, 0.717) is 11.3 Å². The number of nitrogens with zero attached hydrogens (tertiary/aromatic N) is 1. The van der Waals surface area contributed by atoms with Gasteiger partial charge < -0.3 is 9.84 Å². The van der Waals surface area contributed by atoms with E-state index in [1.807, 2.05) is 63.2 Å². The van der Waals surface area contributed by atoms with Crippen LogP contribution in [0.15, 0.2) is 60.0 Å². The number of aryl methyl sites for hydroxylation is 3. The van der Waals surface area contributed by atoms with Gasteiger partial charge in [-0.15, -0.1) is 22.7 Å². The molecule has 0 saturated heterocycles. The predicted octanol–water partition coefficient (Wildman–Crippen LogP) is 7.09. The number of thiophene rings is 1. The van der Waals surface area contributed by atoms with E-state index in [2.05, 4.69) is 4.98 Å². The molecule has 1 N–H and O–H groups in total. The molecule has 0 aliphatic heterocycles. The normalized spacial score (nSPS) is 11.1. The predicted molar refractivity (Wildman–Crippen MR) is 141 cm³/mol. The Bertz CT molecular complexity index is 1570. The highest BCUT2D eigenvalue weighted by molar-refractivity contribution is 7.21. The Morgan fingerprint density at radius 1 is 0.971 bits per heavy atom. The minimum Gasteiger partial charge on any atom is -0.508 e. The van der Waals surface area contributed by atoms with Crippen molar-refractivity contribution in [1.82, 2.24) is 4.98 Å². The molecule has 2 heterocycles. The highest BCUT2D eigenvalue weighted by Gasteiger charge is 2.24. The Hall–Kier alpha value is -3.81. The number of fused-ring (bicyclic) bond motifs is 1. The minimum absolute atomic E-state index is 0.0182. The third-order valence-electron chi connectivity index (χ3n) is 5.86. The van der Waals surface area contributed by atoms with Gasteiger partial charge >= 0.3 is 0 Å². The molecule has 35 heavy (non-hydrogen) atoms. The Kier molecular flexibility index (Phi) is 5.96. The summed E-state index contributed by atoms with van der Waals surface area (Å²) >= 11 is 2.78. The Balaban J connectivity index is 1.64. The number of aromatic hydroxyl groups is 1. The first-order valence-corrected chi connectivity index (χ1v) is 12.6. The second-order valence-corrected chi connectivity index (χ2v) is 10.3. The van der Waals surface area contributed by atoms with Crippen molar-refractivity contribution in [2.24, 2.45) is 0 Å². The summed E-state index contributed by atoms with van der Waals surface area (Å²) in [5, 5.41) is 13.4. The molecule has 0 spiro atoms. The van der Waals surface area contributed by atoms with Crippen molar-refractivity contribution in [2.75, 3.05) is 0 Å². The van der Waals surface area contributed by atoms with E-state index in [0.717, 1.165) is 54.0 Å². The number of thiazole rings is 1. The van der Waals surface area contributed by atoms with E-state index in [-0.39, 0.29) is 17.4 Å². The molecular weight excluding hydrogens is 478 g/mol. The van der Waals surface area contributed by atoms with Crippen molar-refractivity contribution in [3.8, 4) is 33.3 Å². The van der Waals surface area contributed by atoms with E-state index < -0.39 is 0 Å². The van der Waals surface area contributed by atoms with Gasteiger partial charge in [-0.3, -0.25) is 9.59 Å². The number of ketones is 1. The molecule has 5 nitrogen and oxygen atoms in total. The lowest BCUT2D eigenvalue weighted by Gasteiger charge is -2.11. The zero-order chi connectivity index (χ0) is 24.7. The van der Waals surface area contributed by atoms with E-state index >= 15 is 0 Å². The number of hydrogen-bond donors (Lipinski definition) is 1. The summed E-state index contributed by atoms with van der Waals surface area (Å²) in [5.74, 6) is 0.416. The van der Waals surface area contributed by atoms with Gasteiger partial charge in [0.1, 0.15) is 10.8 Å². The van der Waals surface area contributed by atoms with Crippen LogP contribution in [-0.4, -0.2) is 22.3 Å². The number of carbonyl (C=O) groups is 2. The minimum atomic E-state index is -0.0182. The summed E-state index contributed by atoms with van der Waals surface area (Å²) in [7, 11) is 0. The highest BCUT2D eigenvalue weighted by atomic mass is 32.1. The summed E-state index contributed by atoms with van der Waals surface area (Å²) in [5.41, 5.74) is 6.38. The van der Waals surface area contributed by atoms with Gasteiger partial charge in [-0.25, -0.2) is 4.98 Å². The summed E-state index contributed by atoms with van der Waals surface area (Å²) < 4.78 is 5.67. The standard InChI is InChI=1S/C28H21NO4S2/c1-15-10-16(2)24(17(3)11-15)26(32)27-25(21-9-8-20(31)12-22(21)35-27)18-4-6-19(7-5-18)28-29-23(13-34-28)33-14-30/h4-14,31H,1-3H3. The first-order chi connectivity index (χ1) is 16.9. The van der Waals surface area contributed by atoms with Crippen molar-refractivity contribution in [3.63, 3.8) is 0 Å². The molecule has 3 aromatic carbocycles. The average molecular weight is 500 g/mol. The fraction of sp³-hybridized carbons (Fsp3) is 0.107. The van der Waals surface area contributed by atoms with Gasteiger partial charge in [0.25, 0.3) is 6.47 Å². The van der Waals surface area contributed by atoms with Crippen LogP contribution in [0.2, 0.25) is 0 Å². The third-order valence-corrected chi connectivity index (χ3v) is 7.88. The highest BCUT2D eigenvalue weighted by Crippen LogP contribution is 2.42. The number of phenolic OH excluding ortho intramolecular Hbond substituents is 1. The smallest absolute Gasteiger partial charge is 0.299 e. The molecule has 0 atom stereocenters. The van der Waals surface area contributed by atoms with Crippen molar-refractivity contribution in [2.45, 2.75) is 20.8 Å². The molecule has 0 aliphatic carbocycles. The first kappa shape index (κ1) is 23.0. The number of phenols is 1. The van der Waals surface area contributed by atoms with E-state index in [1.54, 1.807) is 17.5 Å². The molecule has 7 heteroatoms. The Labute approximate surface area is 210 Å². The monoisotopic (exact) mass is 499 g/mol. The number of benzene rings is 3. The molecular formula is C28H21NO4S2. The molecule has 0 aliphatic rings. The van der Waals surface area contributed by atoms with Crippen molar-refractivity contribution >= 4 is 45.0 Å². The van der Waals surface area contributed by atoms with E-state index in [4.69, 9.17) is 4.74 Å². The van der Waals surface area contributed by atoms with Crippen LogP contribution >= 0.6 is 22.7 Å². The van der Waals surface area contributed by atoms with Crippen LogP contribution in [0.1, 0.15) is 31.9 Å². The van der Waals surface area contributed by atoms with Crippen LogP contribution in [0.3, 0.4) is 0 Å². The quantitative estimate of drug-likeness (QED) is 0.199. The van der Waals surface area contributed by atoms with Gasteiger partial charge in [0, 0.05) is 26.8 Å². The number of aromatic nitrogens is 1. The van der Waals surface area contributed by atoms with Gasteiger partial charge in [0.2, 0.25) is 11.7 Å². The Morgan fingerprint density at radius 3 is 2.34 bits per heavy atom. The first-order valence-electron chi connectivity index (χ1n) is 10.9. The van der Waals surface area contributed by atoms with Crippen molar-refractivity contribution in [3.05, 3.63) is 87.1 Å². The number of rotatable bonds is 6. The zero-order valence-corrected chi connectivity index (χ0v) is 20.9. The fourth-order valence-corrected chi connectivity index (χ4v) is 6.40. The number of hydrogen-bond acceptors (Lipinski definition) is 7. The van der Waals surface area contributed by atoms with Crippen molar-refractivity contribution < 1.29 is 19.4 Å². The summed E-state index contributed by atoms with van der Waals surface area (Å²) in [6, 6.07) is 17.1. The van der Waals surface area contributed by atoms with Gasteiger partial charge in [0.15, 0.2) is 0 Å². The maximum atomic E-state index is 13.9. The molecule has 0 amide bonds. The molecule has 0 unspecified atom stereocenters. The molecule has 5 aromatic rings. The summed E-state index contributed by atoms with van der Waals surface area (Å²) in [6.45, 7) is 6.33. The largest absolute Gasteiger partial charge is 0.508 e. The third kappa shape index (κ3) is 4.24. The molecule has 0 bridgehead atoms. The zero-order valence-electron chi connectivity index (χ0n) is 19.3. The lowest BCUT2D eigenvalue weighted by atomic mass is 9.92. The van der Waals surface area contributed by atoms with Gasteiger partial charge in [-0.2, -0.15) is 0 Å². The van der Waals surface area contributed by atoms with Gasteiger partial charge in [-0.05, 0) is 55.7 Å². The lowest BCUT2D eigenvalue weighted by molar-refractivity contribution is -0.120. The SMILES string of the molecule is Cc1cc(C)c(C(=O)c2sc3cc(O)ccc3c2-c2ccc(-c3nc(OC=O)cs3)cc2)c(C)c1. The van der Waals surface area contributed by atoms with Crippen molar-refractivity contribution in [1.29, 1.82) is 0 Å². The van der Waals surface area contributed by atoms with E-state index in [1.165, 1.54) is 22.7 Å². The van der Waals surface area contributed by atoms with Crippen LogP contribution in [-0.2, 0) is 4.79 Å². The molecule has 0 saturated carbocycles. The van der Waals surface area contributed by atoms with Crippen LogP contribution in [0.4, 0.5) is 0 Å². The molecule has 174 valence electrons. The summed E-state index contributed by atoms with van der Waals surface area (Å²) in [4.78, 5) is 29.4. The molecule has 0 radical (unpaired) electrons. The van der Waals surface area contributed by atoms with Gasteiger partial charge in [0.05, 0.1) is 10.3 Å². The molecule has 5 rings (SSSR count). The van der Waals surface area contributed by atoms with E-state index in [9.17, 15) is 14.7 Å². The van der Waals surface area contributed by atoms with Crippen LogP contribution in [0.25, 0.3) is 31.8 Å². The summed E-state index contributed by atoms with van der Waals surface area (Å²) in [6.07, 6.45) is 0. The second kappa shape index (κ2) is 9.09.